The second kappa shape index (κ2) is 9.58. The van der Waals surface area contributed by atoms with Crippen molar-refractivity contribution in [1.29, 1.82) is 0 Å². The minimum atomic E-state index is -3.37. The molecule has 0 saturated carbocycles. The van der Waals surface area contributed by atoms with Gasteiger partial charge in [-0.25, -0.2) is 13.4 Å². The van der Waals surface area contributed by atoms with Crippen LogP contribution in [0.3, 0.4) is 0 Å². The molecule has 7 nitrogen and oxygen atoms in total. The number of benzene rings is 1. The lowest BCUT2D eigenvalue weighted by Gasteiger charge is -2.12. The van der Waals surface area contributed by atoms with Crippen LogP contribution in [-0.4, -0.2) is 31.2 Å². The molecule has 0 unspecified atom stereocenters. The fourth-order valence-corrected chi connectivity index (χ4v) is 3.35. The van der Waals surface area contributed by atoms with Gasteiger partial charge in [-0.15, -0.1) is 0 Å². The number of rotatable bonds is 9. The van der Waals surface area contributed by atoms with Crippen LogP contribution in [0.1, 0.15) is 12.0 Å². The van der Waals surface area contributed by atoms with Crippen LogP contribution < -0.4 is 14.2 Å². The molecule has 3 rings (SSSR count). The van der Waals surface area contributed by atoms with E-state index in [4.69, 9.17) is 21.1 Å². The zero-order valence-electron chi connectivity index (χ0n) is 15.7. The van der Waals surface area contributed by atoms with Crippen molar-refractivity contribution in [2.24, 2.45) is 0 Å². The van der Waals surface area contributed by atoms with Gasteiger partial charge in [0.2, 0.25) is 10.0 Å². The summed E-state index contributed by atoms with van der Waals surface area (Å²) in [4.78, 5) is 8.19. The van der Waals surface area contributed by atoms with Crippen molar-refractivity contribution in [2.45, 2.75) is 12.8 Å². The summed E-state index contributed by atoms with van der Waals surface area (Å²) in [6.07, 6.45) is 7.12. The lowest BCUT2D eigenvalue weighted by Crippen LogP contribution is -2.12. The fraction of sp³-hybridized carbons (Fsp3) is 0.200. The Hall–Kier alpha value is -2.84. The first kappa shape index (κ1) is 20.9. The summed E-state index contributed by atoms with van der Waals surface area (Å²) in [7, 11) is -3.37. The Labute approximate surface area is 174 Å². The van der Waals surface area contributed by atoms with Gasteiger partial charge in [0.05, 0.1) is 24.7 Å². The molecule has 0 amide bonds. The number of ether oxygens (including phenoxy) is 2. The Morgan fingerprint density at radius 1 is 1.14 bits per heavy atom. The Bertz CT molecular complexity index is 1080. The predicted molar refractivity (Wildman–Crippen MR) is 112 cm³/mol. The van der Waals surface area contributed by atoms with Crippen molar-refractivity contribution < 1.29 is 17.9 Å². The van der Waals surface area contributed by atoms with Gasteiger partial charge in [0.1, 0.15) is 5.75 Å². The summed E-state index contributed by atoms with van der Waals surface area (Å²) >= 11 is 5.99. The average molecular weight is 434 g/mol. The van der Waals surface area contributed by atoms with E-state index in [1.165, 1.54) is 6.20 Å². The summed E-state index contributed by atoms with van der Waals surface area (Å²) in [6, 6.07) is 12.3. The van der Waals surface area contributed by atoms with Crippen LogP contribution in [0.15, 0.2) is 61.1 Å². The molecular formula is C20H20ClN3O4S. The summed E-state index contributed by atoms with van der Waals surface area (Å²) in [6.45, 7) is 0.401. The SMILES string of the molecule is CS(=O)(=O)Nc1cnccc1CCCOc1cccnc1Oc1cccc(Cl)c1. The van der Waals surface area contributed by atoms with Crippen molar-refractivity contribution in [3.63, 3.8) is 0 Å². The molecule has 0 bridgehead atoms. The lowest BCUT2D eigenvalue weighted by molar-refractivity contribution is 0.293. The molecule has 1 aromatic carbocycles. The molecule has 0 radical (unpaired) electrons. The Morgan fingerprint density at radius 2 is 2.00 bits per heavy atom. The van der Waals surface area contributed by atoms with Crippen LogP contribution in [0.5, 0.6) is 17.4 Å². The second-order valence-electron chi connectivity index (χ2n) is 6.23. The quantitative estimate of drug-likeness (QED) is 0.506. The molecule has 0 aliphatic carbocycles. The summed E-state index contributed by atoms with van der Waals surface area (Å²) < 4.78 is 37.0. The molecule has 0 spiro atoms. The maximum atomic E-state index is 11.5. The highest BCUT2D eigenvalue weighted by Gasteiger charge is 2.10. The molecule has 2 aromatic heterocycles. The molecular weight excluding hydrogens is 414 g/mol. The van der Waals surface area contributed by atoms with Gasteiger partial charge in [0, 0.05) is 17.4 Å². The summed E-state index contributed by atoms with van der Waals surface area (Å²) in [5, 5.41) is 0.566. The third-order valence-electron chi connectivity index (χ3n) is 3.80. The molecule has 1 N–H and O–H groups in total. The number of hydrogen-bond donors (Lipinski definition) is 1. The maximum Gasteiger partial charge on any atom is 0.262 e. The van der Waals surface area contributed by atoms with Crippen molar-refractivity contribution in [3.8, 4) is 17.4 Å². The molecule has 0 atom stereocenters. The van der Waals surface area contributed by atoms with E-state index < -0.39 is 10.0 Å². The number of anilines is 1. The van der Waals surface area contributed by atoms with Crippen LogP contribution in [0.4, 0.5) is 5.69 Å². The van der Waals surface area contributed by atoms with Crippen LogP contribution in [-0.2, 0) is 16.4 Å². The molecule has 0 fully saturated rings. The second-order valence-corrected chi connectivity index (χ2v) is 8.41. The van der Waals surface area contributed by atoms with Gasteiger partial charge in [-0.2, -0.15) is 0 Å². The third kappa shape index (κ3) is 6.62. The van der Waals surface area contributed by atoms with Gasteiger partial charge in [0.25, 0.3) is 5.88 Å². The van der Waals surface area contributed by atoms with E-state index in [-0.39, 0.29) is 0 Å². The molecule has 0 aliphatic rings. The first-order valence-electron chi connectivity index (χ1n) is 8.82. The van der Waals surface area contributed by atoms with Crippen molar-refractivity contribution in [1.82, 2.24) is 9.97 Å². The van der Waals surface area contributed by atoms with Crippen molar-refractivity contribution >= 4 is 27.3 Å². The Kier molecular flexibility index (Phi) is 6.90. The minimum Gasteiger partial charge on any atom is -0.488 e. The monoisotopic (exact) mass is 433 g/mol. The standard InChI is InChI=1S/C20H20ClN3O4S/c1-29(25,26)24-18-14-22-11-9-15(18)5-4-12-27-19-8-3-10-23-20(19)28-17-7-2-6-16(21)13-17/h2-3,6-11,13-14,24H,4-5,12H2,1H3. The van der Waals surface area contributed by atoms with Crippen LogP contribution in [0, 0.1) is 0 Å². The van der Waals surface area contributed by atoms with Gasteiger partial charge < -0.3 is 9.47 Å². The van der Waals surface area contributed by atoms with Gasteiger partial charge >= 0.3 is 0 Å². The van der Waals surface area contributed by atoms with Crippen LogP contribution in [0.25, 0.3) is 0 Å². The van der Waals surface area contributed by atoms with Crippen LogP contribution >= 0.6 is 11.6 Å². The highest BCUT2D eigenvalue weighted by Crippen LogP contribution is 2.30. The van der Waals surface area contributed by atoms with E-state index in [9.17, 15) is 8.42 Å². The number of halogens is 1. The Morgan fingerprint density at radius 3 is 2.79 bits per heavy atom. The number of sulfonamides is 1. The normalized spacial score (nSPS) is 11.1. The van der Waals surface area contributed by atoms with Gasteiger partial charge in [0.15, 0.2) is 5.75 Å². The maximum absolute atomic E-state index is 11.5. The van der Waals surface area contributed by atoms with E-state index in [0.29, 0.717) is 47.5 Å². The summed E-state index contributed by atoms with van der Waals surface area (Å²) in [5.74, 6) is 1.42. The summed E-state index contributed by atoms with van der Waals surface area (Å²) in [5.41, 5.74) is 1.32. The van der Waals surface area contributed by atoms with Gasteiger partial charge in [-0.05, 0) is 54.8 Å². The van der Waals surface area contributed by atoms with Crippen molar-refractivity contribution in [3.05, 3.63) is 71.6 Å². The minimum absolute atomic E-state index is 0.345. The molecule has 29 heavy (non-hydrogen) atoms. The van der Waals surface area contributed by atoms with Crippen molar-refractivity contribution in [2.75, 3.05) is 17.6 Å². The number of hydrogen-bond acceptors (Lipinski definition) is 6. The van der Waals surface area contributed by atoms with E-state index >= 15 is 0 Å². The molecule has 2 heterocycles. The predicted octanol–water partition coefficient (Wildman–Crippen LogP) is 4.31. The lowest BCUT2D eigenvalue weighted by atomic mass is 10.1. The molecule has 152 valence electrons. The first-order chi connectivity index (χ1) is 13.9. The highest BCUT2D eigenvalue weighted by molar-refractivity contribution is 7.92. The fourth-order valence-electron chi connectivity index (χ4n) is 2.58. The van der Waals surface area contributed by atoms with Gasteiger partial charge in [-0.1, -0.05) is 17.7 Å². The number of pyridine rings is 2. The molecule has 3 aromatic rings. The molecule has 0 aliphatic heterocycles. The van der Waals surface area contributed by atoms with Crippen LogP contribution in [0.2, 0.25) is 5.02 Å². The smallest absolute Gasteiger partial charge is 0.262 e. The molecule has 0 saturated heterocycles. The topological polar surface area (TPSA) is 90.4 Å². The largest absolute Gasteiger partial charge is 0.488 e. The number of nitrogens with zero attached hydrogens (tertiary/aromatic N) is 2. The zero-order chi connectivity index (χ0) is 20.7. The number of nitrogens with one attached hydrogen (secondary N) is 1. The van der Waals surface area contributed by atoms with E-state index in [2.05, 4.69) is 14.7 Å². The zero-order valence-corrected chi connectivity index (χ0v) is 17.3. The van der Waals surface area contributed by atoms with Gasteiger partial charge in [-0.3, -0.25) is 9.71 Å². The average Bonchev–Trinajstić information content (AvgIpc) is 2.66. The third-order valence-corrected chi connectivity index (χ3v) is 4.63. The Balaban J connectivity index is 1.59. The van der Waals surface area contributed by atoms with E-state index in [1.54, 1.807) is 54.9 Å². The van der Waals surface area contributed by atoms with E-state index in [0.717, 1.165) is 11.8 Å². The number of aryl methyl sites for hydroxylation is 1. The van der Waals surface area contributed by atoms with E-state index in [1.807, 2.05) is 0 Å². The molecule has 9 heteroatoms. The number of aromatic nitrogens is 2. The highest BCUT2D eigenvalue weighted by atomic mass is 35.5. The first-order valence-corrected chi connectivity index (χ1v) is 11.1.